The van der Waals surface area contributed by atoms with E-state index in [2.05, 4.69) is 18.7 Å². The number of rotatable bonds is 3. The second kappa shape index (κ2) is 12.3. The molecule has 1 aliphatic rings. The zero-order chi connectivity index (χ0) is 13.8. The maximum absolute atomic E-state index is 5.78. The molecule has 2 N–H and O–H groups in total. The molecule has 0 radical (unpaired) electrons. The molecule has 0 saturated carbocycles. The Balaban J connectivity index is 0. The smallest absolute Gasteiger partial charge is 0.0589 e. The summed E-state index contributed by atoms with van der Waals surface area (Å²) in [6, 6.07) is 1.06. The summed E-state index contributed by atoms with van der Waals surface area (Å²) in [6.45, 7) is 16.1. The van der Waals surface area contributed by atoms with Crippen LogP contribution in [-0.4, -0.2) is 55.3 Å². The van der Waals surface area contributed by atoms with Crippen LogP contribution in [0.25, 0.3) is 0 Å². The van der Waals surface area contributed by atoms with E-state index in [1.807, 2.05) is 32.7 Å². The van der Waals surface area contributed by atoms with Crippen molar-refractivity contribution in [3.05, 3.63) is 0 Å². The summed E-state index contributed by atoms with van der Waals surface area (Å²) in [4.78, 5) is 2.45. The molecule has 0 bridgehead atoms. The van der Waals surface area contributed by atoms with Crippen LogP contribution in [0.3, 0.4) is 0 Å². The minimum Gasteiger partial charge on any atom is -0.383 e. The largest absolute Gasteiger partial charge is 0.383 e. The van der Waals surface area contributed by atoms with Gasteiger partial charge >= 0.3 is 0 Å². The minimum atomic E-state index is 0.531. The van der Waals surface area contributed by atoms with Crippen molar-refractivity contribution in [3.8, 4) is 0 Å². The molecule has 2 unspecified atom stereocenters. The zero-order valence-electron chi connectivity index (χ0n) is 12.9. The molecule has 4 nitrogen and oxygen atoms in total. The number of hydrogen-bond donors (Lipinski definition) is 1. The van der Waals surface area contributed by atoms with Crippen molar-refractivity contribution in [3.63, 3.8) is 0 Å². The van der Waals surface area contributed by atoms with Crippen LogP contribution in [0.2, 0.25) is 0 Å². The van der Waals surface area contributed by atoms with E-state index in [1.54, 1.807) is 7.11 Å². The van der Waals surface area contributed by atoms with Crippen LogP contribution in [0, 0.1) is 0 Å². The van der Waals surface area contributed by atoms with Crippen LogP contribution >= 0.6 is 0 Å². The molecule has 0 aromatic rings. The Morgan fingerprint density at radius 2 is 1.47 bits per heavy atom. The summed E-state index contributed by atoms with van der Waals surface area (Å²) in [7, 11) is 1.74. The SMILES string of the molecule is CC.CC.COCCN1C(C)CN(N)CC1C. The molecular weight excluding hydrogens is 214 g/mol. The summed E-state index contributed by atoms with van der Waals surface area (Å²) in [5.74, 6) is 5.78. The highest BCUT2D eigenvalue weighted by atomic mass is 16.5. The Bertz CT molecular complexity index is 144. The third-order valence-electron chi connectivity index (χ3n) is 2.68. The Labute approximate surface area is 108 Å². The normalized spacial score (nSPS) is 25.4. The van der Waals surface area contributed by atoms with Crippen LogP contribution < -0.4 is 5.84 Å². The fraction of sp³-hybridized carbons (Fsp3) is 1.00. The first-order valence-electron chi connectivity index (χ1n) is 6.89. The second-order valence-electron chi connectivity index (χ2n) is 3.88. The maximum Gasteiger partial charge on any atom is 0.0589 e. The quantitative estimate of drug-likeness (QED) is 0.774. The highest BCUT2D eigenvalue weighted by Crippen LogP contribution is 2.12. The number of hydrogen-bond acceptors (Lipinski definition) is 4. The number of hydrazine groups is 1. The lowest BCUT2D eigenvalue weighted by atomic mass is 10.1. The number of nitrogens with two attached hydrogens (primary N) is 1. The second-order valence-corrected chi connectivity index (χ2v) is 3.88. The molecule has 1 heterocycles. The van der Waals surface area contributed by atoms with Crippen LogP contribution in [-0.2, 0) is 4.74 Å². The van der Waals surface area contributed by atoms with E-state index in [0.29, 0.717) is 12.1 Å². The predicted molar refractivity (Wildman–Crippen MR) is 76.0 cm³/mol. The van der Waals surface area contributed by atoms with E-state index < -0.39 is 0 Å². The molecule has 0 aromatic heterocycles. The van der Waals surface area contributed by atoms with Gasteiger partial charge in [-0.25, -0.2) is 5.01 Å². The first kappa shape index (κ1) is 19.2. The van der Waals surface area contributed by atoms with Crippen LogP contribution in [0.4, 0.5) is 0 Å². The molecule has 17 heavy (non-hydrogen) atoms. The summed E-state index contributed by atoms with van der Waals surface area (Å²) >= 11 is 0. The Morgan fingerprint density at radius 3 is 1.82 bits per heavy atom. The molecule has 4 heteroatoms. The van der Waals surface area contributed by atoms with Crippen LogP contribution in [0.5, 0.6) is 0 Å². The standard InChI is InChI=1S/C9H21N3O.2C2H6/c1-8-6-11(10)7-9(2)12(8)4-5-13-3;2*1-2/h8-9H,4-7,10H2,1-3H3;2*1-2H3. The molecule has 0 amide bonds. The van der Waals surface area contributed by atoms with Crippen molar-refractivity contribution in [2.24, 2.45) is 5.84 Å². The molecule has 2 atom stereocenters. The molecule has 1 saturated heterocycles. The molecule has 0 spiro atoms. The first-order valence-corrected chi connectivity index (χ1v) is 6.89. The average Bonchev–Trinajstić information content (AvgIpc) is 2.33. The fourth-order valence-electron chi connectivity index (χ4n) is 2.03. The lowest BCUT2D eigenvalue weighted by Gasteiger charge is -2.42. The third kappa shape index (κ3) is 7.71. The summed E-state index contributed by atoms with van der Waals surface area (Å²) in [5.41, 5.74) is 0. The van der Waals surface area contributed by atoms with E-state index in [-0.39, 0.29) is 0 Å². The molecule has 1 rings (SSSR count). The minimum absolute atomic E-state index is 0.531. The lowest BCUT2D eigenvalue weighted by molar-refractivity contribution is 0.0209. The molecule has 106 valence electrons. The Hall–Kier alpha value is -0.160. The number of piperazine rings is 1. The summed E-state index contributed by atoms with van der Waals surface area (Å²) < 4.78 is 5.08. The van der Waals surface area contributed by atoms with Crippen LogP contribution in [0.1, 0.15) is 41.5 Å². The number of ether oxygens (including phenoxy) is 1. The molecule has 0 aliphatic carbocycles. The van der Waals surface area contributed by atoms with E-state index in [9.17, 15) is 0 Å². The Kier molecular flexibility index (Phi) is 13.9. The van der Waals surface area contributed by atoms with Gasteiger partial charge in [-0.05, 0) is 13.8 Å². The van der Waals surface area contributed by atoms with Crippen molar-refractivity contribution in [1.82, 2.24) is 9.91 Å². The molecule has 1 aliphatic heterocycles. The lowest BCUT2D eigenvalue weighted by Crippen LogP contribution is -2.59. The van der Waals surface area contributed by atoms with Gasteiger partial charge in [0.15, 0.2) is 0 Å². The zero-order valence-corrected chi connectivity index (χ0v) is 12.9. The highest BCUT2D eigenvalue weighted by Gasteiger charge is 2.27. The van der Waals surface area contributed by atoms with E-state index in [1.165, 1.54) is 0 Å². The summed E-state index contributed by atoms with van der Waals surface area (Å²) in [5, 5.41) is 1.90. The van der Waals surface area contributed by atoms with Gasteiger partial charge in [0.25, 0.3) is 0 Å². The van der Waals surface area contributed by atoms with E-state index in [0.717, 1.165) is 26.2 Å². The van der Waals surface area contributed by atoms with Gasteiger partial charge in [0.05, 0.1) is 6.61 Å². The van der Waals surface area contributed by atoms with Crippen molar-refractivity contribution < 1.29 is 4.74 Å². The number of nitrogens with zero attached hydrogens (tertiary/aromatic N) is 2. The van der Waals surface area contributed by atoms with Gasteiger partial charge in [-0.1, -0.05) is 27.7 Å². The monoisotopic (exact) mass is 247 g/mol. The van der Waals surface area contributed by atoms with Gasteiger partial charge in [0.2, 0.25) is 0 Å². The van der Waals surface area contributed by atoms with Gasteiger partial charge < -0.3 is 4.74 Å². The van der Waals surface area contributed by atoms with Crippen molar-refractivity contribution in [2.45, 2.75) is 53.6 Å². The van der Waals surface area contributed by atoms with Gasteiger partial charge in [-0.3, -0.25) is 10.7 Å². The molecule has 1 fully saturated rings. The van der Waals surface area contributed by atoms with E-state index >= 15 is 0 Å². The van der Waals surface area contributed by atoms with Crippen molar-refractivity contribution >= 4 is 0 Å². The first-order chi connectivity index (χ1) is 8.15. The highest BCUT2D eigenvalue weighted by molar-refractivity contribution is 4.82. The van der Waals surface area contributed by atoms with Crippen molar-refractivity contribution in [1.29, 1.82) is 0 Å². The predicted octanol–water partition coefficient (Wildman–Crippen LogP) is 1.95. The average molecular weight is 247 g/mol. The van der Waals surface area contributed by atoms with Crippen LogP contribution in [0.15, 0.2) is 0 Å². The third-order valence-corrected chi connectivity index (χ3v) is 2.68. The summed E-state index contributed by atoms with van der Waals surface area (Å²) in [6.07, 6.45) is 0. The van der Waals surface area contributed by atoms with Crippen molar-refractivity contribution in [2.75, 3.05) is 33.4 Å². The Morgan fingerprint density at radius 1 is 1.06 bits per heavy atom. The molecular formula is C13H33N3O. The fourth-order valence-corrected chi connectivity index (χ4v) is 2.03. The van der Waals surface area contributed by atoms with Gasteiger partial charge in [0.1, 0.15) is 0 Å². The number of methoxy groups -OCH3 is 1. The van der Waals surface area contributed by atoms with Gasteiger partial charge in [-0.15, -0.1) is 0 Å². The van der Waals surface area contributed by atoms with Gasteiger partial charge in [-0.2, -0.15) is 0 Å². The molecule has 0 aromatic carbocycles. The van der Waals surface area contributed by atoms with Gasteiger partial charge in [0, 0.05) is 38.8 Å². The topological polar surface area (TPSA) is 41.7 Å². The van der Waals surface area contributed by atoms with E-state index in [4.69, 9.17) is 10.6 Å². The maximum atomic E-state index is 5.78.